The van der Waals surface area contributed by atoms with Crippen LogP contribution in [0, 0.1) is 0 Å². The maximum atomic E-state index is 13.0. The molecule has 3 aromatic carbocycles. The van der Waals surface area contributed by atoms with Gasteiger partial charge in [0, 0.05) is 34.5 Å². The third kappa shape index (κ3) is 4.24. The molecule has 1 aromatic heterocycles. The number of carbonyl (C=O) groups is 1. The number of halogens is 1. The number of anilines is 1. The van der Waals surface area contributed by atoms with Crippen LogP contribution in [0.3, 0.4) is 0 Å². The summed E-state index contributed by atoms with van der Waals surface area (Å²) < 4.78 is 33.3. The van der Waals surface area contributed by atoms with Gasteiger partial charge >= 0.3 is 5.97 Å². The van der Waals surface area contributed by atoms with Crippen LogP contribution < -0.4 is 9.62 Å². The van der Waals surface area contributed by atoms with Crippen LogP contribution in [0.4, 0.5) is 5.69 Å². The Hall–Kier alpha value is -3.14. The summed E-state index contributed by atoms with van der Waals surface area (Å²) in [5.41, 5.74) is 4.47. The average molecular weight is 554 g/mol. The fourth-order valence-corrected chi connectivity index (χ4v) is 6.16. The van der Waals surface area contributed by atoms with Gasteiger partial charge in [0.1, 0.15) is 6.04 Å². The molecule has 0 amide bonds. The summed E-state index contributed by atoms with van der Waals surface area (Å²) in [7, 11) is -0.751. The number of fused-ring (bicyclic) bond motifs is 3. The van der Waals surface area contributed by atoms with Crippen LogP contribution in [0.2, 0.25) is 0 Å². The average Bonchev–Trinajstić information content (AvgIpc) is 3.25. The number of H-pyrrole nitrogens is 1. The van der Waals surface area contributed by atoms with Crippen LogP contribution in [0.5, 0.6) is 0 Å². The second-order valence-corrected chi connectivity index (χ2v) is 11.3. The molecule has 180 valence electrons. The molecular formula is C26H24BrN3O4S. The molecule has 35 heavy (non-hydrogen) atoms. The van der Waals surface area contributed by atoms with E-state index in [1.54, 1.807) is 42.5 Å². The van der Waals surface area contributed by atoms with Crippen LogP contribution in [-0.2, 0) is 26.0 Å². The quantitative estimate of drug-likeness (QED) is 0.354. The highest BCUT2D eigenvalue weighted by atomic mass is 79.9. The highest BCUT2D eigenvalue weighted by Crippen LogP contribution is 2.37. The van der Waals surface area contributed by atoms with Gasteiger partial charge in [-0.15, -0.1) is 0 Å². The molecule has 0 saturated carbocycles. The van der Waals surface area contributed by atoms with Crippen molar-refractivity contribution >= 4 is 48.5 Å². The van der Waals surface area contributed by atoms with Gasteiger partial charge in [-0.1, -0.05) is 52.3 Å². The lowest BCUT2D eigenvalue weighted by molar-refractivity contribution is -0.143. The molecule has 1 aliphatic rings. The number of ether oxygens (including phenoxy) is 1. The van der Waals surface area contributed by atoms with E-state index < -0.39 is 16.1 Å². The first kappa shape index (κ1) is 23.6. The van der Waals surface area contributed by atoms with Gasteiger partial charge in [-0.3, -0.25) is 14.4 Å². The third-order valence-corrected chi connectivity index (χ3v) is 8.74. The van der Waals surface area contributed by atoms with Gasteiger partial charge in [-0.2, -0.15) is 0 Å². The Bertz CT molecular complexity index is 1500. The van der Waals surface area contributed by atoms with Crippen molar-refractivity contribution in [2.75, 3.05) is 18.5 Å². The molecule has 2 N–H and O–H groups in total. The van der Waals surface area contributed by atoms with Crippen molar-refractivity contribution in [3.63, 3.8) is 0 Å². The largest absolute Gasteiger partial charge is 0.468 e. The summed E-state index contributed by atoms with van der Waals surface area (Å²) in [4.78, 5) is 16.2. The number of hydrogen-bond acceptors (Lipinski definition) is 5. The molecule has 2 heterocycles. The number of sulfonamides is 1. The molecule has 0 fully saturated rings. The van der Waals surface area contributed by atoms with Gasteiger partial charge in [-0.05, 0) is 47.5 Å². The number of rotatable bonds is 5. The van der Waals surface area contributed by atoms with Crippen molar-refractivity contribution in [3.8, 4) is 0 Å². The maximum Gasteiger partial charge on any atom is 0.323 e. The van der Waals surface area contributed by atoms with E-state index in [2.05, 4.69) is 26.2 Å². The van der Waals surface area contributed by atoms with Crippen LogP contribution in [0.1, 0.15) is 22.9 Å². The van der Waals surface area contributed by atoms with E-state index in [0.717, 1.165) is 32.2 Å². The van der Waals surface area contributed by atoms with E-state index in [1.807, 2.05) is 30.3 Å². The minimum absolute atomic E-state index is 0.232. The highest BCUT2D eigenvalue weighted by molar-refractivity contribution is 9.10. The molecule has 2 unspecified atom stereocenters. The van der Waals surface area contributed by atoms with Crippen molar-refractivity contribution < 1.29 is 17.9 Å². The molecule has 0 bridgehead atoms. The zero-order chi connectivity index (χ0) is 24.7. The van der Waals surface area contributed by atoms with E-state index >= 15 is 0 Å². The lowest BCUT2D eigenvalue weighted by Crippen LogP contribution is -2.45. The van der Waals surface area contributed by atoms with E-state index in [-0.39, 0.29) is 16.9 Å². The zero-order valence-electron chi connectivity index (χ0n) is 19.2. The molecule has 1 aliphatic heterocycles. The Morgan fingerprint density at radius 2 is 1.77 bits per heavy atom. The fourth-order valence-electron chi connectivity index (χ4n) is 4.59. The monoisotopic (exact) mass is 553 g/mol. The van der Waals surface area contributed by atoms with Crippen molar-refractivity contribution in [1.82, 2.24) is 10.3 Å². The Labute approximate surface area is 212 Å². The number of methoxy groups -OCH3 is 1. The second-order valence-electron chi connectivity index (χ2n) is 8.46. The summed E-state index contributed by atoms with van der Waals surface area (Å²) in [6.45, 7) is 0. The molecule has 0 radical (unpaired) electrons. The van der Waals surface area contributed by atoms with Gasteiger partial charge in [0.05, 0.1) is 23.7 Å². The van der Waals surface area contributed by atoms with Gasteiger partial charge in [0.2, 0.25) is 0 Å². The first-order valence-electron chi connectivity index (χ1n) is 11.1. The van der Waals surface area contributed by atoms with Crippen molar-refractivity contribution in [3.05, 3.63) is 94.1 Å². The summed E-state index contributed by atoms with van der Waals surface area (Å²) >= 11 is 3.52. The van der Waals surface area contributed by atoms with E-state index in [4.69, 9.17) is 4.74 Å². The maximum absolute atomic E-state index is 13.0. The number of aromatic nitrogens is 1. The smallest absolute Gasteiger partial charge is 0.323 e. The van der Waals surface area contributed by atoms with Gasteiger partial charge in [0.25, 0.3) is 10.0 Å². The topological polar surface area (TPSA) is 91.5 Å². The minimum Gasteiger partial charge on any atom is -0.468 e. The Morgan fingerprint density at radius 1 is 1.06 bits per heavy atom. The Balaban J connectivity index is 1.52. The van der Waals surface area contributed by atoms with Gasteiger partial charge < -0.3 is 9.72 Å². The number of esters is 1. The van der Waals surface area contributed by atoms with Crippen molar-refractivity contribution in [1.29, 1.82) is 0 Å². The molecule has 4 aromatic rings. The number of benzene rings is 3. The third-order valence-electron chi connectivity index (χ3n) is 6.44. The Morgan fingerprint density at radius 3 is 2.46 bits per heavy atom. The molecule has 5 rings (SSSR count). The number of hydrogen-bond donors (Lipinski definition) is 2. The zero-order valence-corrected chi connectivity index (χ0v) is 21.6. The van der Waals surface area contributed by atoms with Crippen LogP contribution in [0.25, 0.3) is 10.9 Å². The molecular weight excluding hydrogens is 530 g/mol. The first-order chi connectivity index (χ1) is 16.8. The molecule has 0 spiro atoms. The van der Waals surface area contributed by atoms with E-state index in [9.17, 15) is 13.2 Å². The van der Waals surface area contributed by atoms with Crippen LogP contribution >= 0.6 is 15.9 Å². The normalized spacial score (nSPS) is 17.7. The predicted molar refractivity (Wildman–Crippen MR) is 139 cm³/mol. The summed E-state index contributed by atoms with van der Waals surface area (Å²) in [5, 5.41) is 4.47. The van der Waals surface area contributed by atoms with E-state index in [0.29, 0.717) is 12.1 Å². The summed E-state index contributed by atoms with van der Waals surface area (Å²) in [5.74, 6) is -0.322. The number of carbonyl (C=O) groups excluding carboxylic acids is 1. The molecule has 7 nitrogen and oxygen atoms in total. The van der Waals surface area contributed by atoms with Crippen LogP contribution in [-0.4, -0.2) is 39.6 Å². The van der Waals surface area contributed by atoms with Crippen LogP contribution in [0.15, 0.2) is 82.2 Å². The van der Waals surface area contributed by atoms with Gasteiger partial charge in [0.15, 0.2) is 0 Å². The van der Waals surface area contributed by atoms with Gasteiger partial charge in [-0.25, -0.2) is 8.42 Å². The second kappa shape index (κ2) is 9.14. The summed E-state index contributed by atoms with van der Waals surface area (Å²) in [6, 6.07) is 20.9. The predicted octanol–water partition coefficient (Wildman–Crippen LogP) is 4.53. The first-order valence-corrected chi connectivity index (χ1v) is 13.3. The SMILES string of the molecule is COC(=O)C1Cc2c([nH]c3cc(Br)ccc23)C(c2ccc(N(C)S(=O)(=O)c3ccccc3)cc2)N1. The highest BCUT2D eigenvalue weighted by Gasteiger charge is 2.34. The molecule has 9 heteroatoms. The molecule has 0 saturated heterocycles. The number of nitrogens with zero attached hydrogens (tertiary/aromatic N) is 1. The molecule has 0 aliphatic carbocycles. The standard InChI is InChI=1S/C26H24BrN3O4S/c1-30(35(32,33)19-6-4-3-5-7-19)18-11-8-16(9-12-18)24-25-21(15-23(29-24)26(31)34-2)20-13-10-17(27)14-22(20)28-25/h3-14,23-24,28-29H,15H2,1-2H3. The Kier molecular flexibility index (Phi) is 6.16. The number of nitrogens with one attached hydrogen (secondary N) is 2. The molecule has 2 atom stereocenters. The summed E-state index contributed by atoms with van der Waals surface area (Å²) in [6.07, 6.45) is 0.510. The lowest BCUT2D eigenvalue weighted by Gasteiger charge is -2.30. The minimum atomic E-state index is -3.68. The lowest BCUT2D eigenvalue weighted by atomic mass is 9.90. The van der Waals surface area contributed by atoms with Crippen molar-refractivity contribution in [2.24, 2.45) is 0 Å². The van der Waals surface area contributed by atoms with Crippen molar-refractivity contribution in [2.45, 2.75) is 23.4 Å². The number of aromatic amines is 1. The van der Waals surface area contributed by atoms with E-state index in [1.165, 1.54) is 18.5 Å². The fraction of sp³-hybridized carbons (Fsp3) is 0.192.